The number of hydrogen-bond acceptors (Lipinski definition) is 6. The molecule has 33 heavy (non-hydrogen) atoms. The number of nitrogens with zero attached hydrogens (tertiary/aromatic N) is 4. The van der Waals surface area contributed by atoms with Crippen molar-refractivity contribution in [2.45, 2.75) is 38.3 Å². The first-order chi connectivity index (χ1) is 16.3. The third-order valence-electron chi connectivity index (χ3n) is 7.70. The van der Waals surface area contributed by atoms with Gasteiger partial charge in [-0.15, -0.1) is 0 Å². The molecule has 3 aliphatic heterocycles. The molecule has 0 amide bonds. The van der Waals surface area contributed by atoms with Crippen LogP contribution in [-0.4, -0.2) is 66.9 Å². The molecule has 0 saturated carbocycles. The lowest BCUT2D eigenvalue weighted by molar-refractivity contribution is 0.0723. The number of piperidine rings is 1. The van der Waals surface area contributed by atoms with E-state index in [9.17, 15) is 0 Å². The average molecular weight is 447 g/mol. The molecule has 3 saturated heterocycles. The van der Waals surface area contributed by atoms with Crippen LogP contribution in [0.3, 0.4) is 0 Å². The maximum absolute atomic E-state index is 6.41. The van der Waals surface area contributed by atoms with Crippen LogP contribution in [0.15, 0.2) is 53.1 Å². The number of aromatic nitrogens is 1. The van der Waals surface area contributed by atoms with Gasteiger partial charge in [-0.25, -0.2) is 0 Å². The van der Waals surface area contributed by atoms with Crippen molar-refractivity contribution in [1.82, 2.24) is 15.0 Å². The number of benzene rings is 2. The molecule has 0 aliphatic carbocycles. The van der Waals surface area contributed by atoms with E-state index in [1.807, 2.05) is 12.1 Å². The molecule has 3 aromatic rings. The molecular weight excluding hydrogens is 412 g/mol. The molecule has 0 spiro atoms. The lowest BCUT2D eigenvalue weighted by Gasteiger charge is -2.46. The Kier molecular flexibility index (Phi) is 5.95. The molecule has 174 valence electrons. The van der Waals surface area contributed by atoms with Gasteiger partial charge in [-0.3, -0.25) is 9.80 Å². The number of para-hydroxylation sites is 2. The average Bonchev–Trinajstić information content (AvgIpc) is 3.53. The minimum Gasteiger partial charge on any atom is -0.493 e. The summed E-state index contributed by atoms with van der Waals surface area (Å²) in [7, 11) is 0. The molecule has 3 aliphatic rings. The molecule has 6 nitrogen and oxygen atoms in total. The summed E-state index contributed by atoms with van der Waals surface area (Å²) in [5.41, 5.74) is 2.21. The van der Waals surface area contributed by atoms with Gasteiger partial charge in [0.05, 0.1) is 12.0 Å². The predicted molar refractivity (Wildman–Crippen MR) is 131 cm³/mol. The summed E-state index contributed by atoms with van der Waals surface area (Å²) in [6, 6.07) is 17.4. The second-order valence-electron chi connectivity index (χ2n) is 9.94. The first kappa shape index (κ1) is 21.0. The number of hydrogen-bond donors (Lipinski definition) is 0. The van der Waals surface area contributed by atoms with Crippen molar-refractivity contribution in [1.29, 1.82) is 0 Å². The predicted octanol–water partition coefficient (Wildman–Crippen LogP) is 4.40. The monoisotopic (exact) mass is 446 g/mol. The molecule has 1 aromatic heterocycles. The van der Waals surface area contributed by atoms with Crippen molar-refractivity contribution in [3.05, 3.63) is 54.1 Å². The highest BCUT2D eigenvalue weighted by molar-refractivity contribution is 5.88. The normalized spacial score (nSPS) is 24.3. The second kappa shape index (κ2) is 9.35. The third kappa shape index (κ3) is 4.46. The Bertz CT molecular complexity index is 1080. The van der Waals surface area contributed by atoms with Crippen LogP contribution in [0.25, 0.3) is 11.0 Å². The fourth-order valence-electron chi connectivity index (χ4n) is 5.85. The minimum absolute atomic E-state index is 0.591. The topological polar surface area (TPSA) is 45.0 Å². The number of likely N-dealkylation sites (tertiary alicyclic amines) is 1. The Morgan fingerprint density at radius 3 is 2.70 bits per heavy atom. The van der Waals surface area contributed by atoms with Gasteiger partial charge >= 0.3 is 0 Å². The fourth-order valence-corrected chi connectivity index (χ4v) is 5.85. The summed E-state index contributed by atoms with van der Waals surface area (Å²) in [5, 5.41) is 5.51. The van der Waals surface area contributed by atoms with E-state index in [2.05, 4.69) is 56.3 Å². The lowest BCUT2D eigenvalue weighted by atomic mass is 9.91. The van der Waals surface area contributed by atoms with Crippen LogP contribution in [-0.2, 0) is 6.54 Å². The standard InChI is InChI=1S/C27H34N4O2/c1-3-9-25(22(7-1)18-29-13-5-6-14-29)32-20-21-11-12-23-19-31(16-15-30(23)17-21)27-24-8-2-4-10-26(24)33-28-27/h1-4,7-10,21,23H,5-6,11-20H2/t21-,23-/m1/s1. The molecule has 4 heterocycles. The van der Waals surface area contributed by atoms with Crippen molar-refractivity contribution in [3.8, 4) is 5.75 Å². The molecule has 6 heteroatoms. The number of fused-ring (bicyclic) bond motifs is 2. The maximum atomic E-state index is 6.41. The second-order valence-corrected chi connectivity index (χ2v) is 9.94. The van der Waals surface area contributed by atoms with Gasteiger partial charge in [0.2, 0.25) is 0 Å². The van der Waals surface area contributed by atoms with Gasteiger partial charge in [0.1, 0.15) is 5.75 Å². The molecule has 6 rings (SSSR count). The van der Waals surface area contributed by atoms with Crippen LogP contribution in [0.1, 0.15) is 31.2 Å². The van der Waals surface area contributed by atoms with E-state index in [1.54, 1.807) is 0 Å². The van der Waals surface area contributed by atoms with Crippen molar-refractivity contribution < 1.29 is 9.26 Å². The summed E-state index contributed by atoms with van der Waals surface area (Å²) in [4.78, 5) is 7.63. The Morgan fingerprint density at radius 1 is 0.909 bits per heavy atom. The molecular formula is C27H34N4O2. The van der Waals surface area contributed by atoms with Crippen LogP contribution in [0, 0.1) is 5.92 Å². The highest BCUT2D eigenvalue weighted by Crippen LogP contribution is 2.32. The van der Waals surface area contributed by atoms with Gasteiger partial charge in [-0.05, 0) is 57.0 Å². The van der Waals surface area contributed by atoms with Crippen LogP contribution < -0.4 is 9.64 Å². The molecule has 2 aromatic carbocycles. The SMILES string of the molecule is c1ccc(OC[C@@H]2CC[C@@H]3CN(c4noc5ccccc45)CCN3C2)c(CN2CCCC2)c1. The smallest absolute Gasteiger partial charge is 0.180 e. The lowest BCUT2D eigenvalue weighted by Crippen LogP contribution is -2.57. The quantitative estimate of drug-likeness (QED) is 0.559. The molecule has 3 fully saturated rings. The van der Waals surface area contributed by atoms with E-state index in [4.69, 9.17) is 9.26 Å². The summed E-state index contributed by atoms with van der Waals surface area (Å²) >= 11 is 0. The van der Waals surface area contributed by atoms with Gasteiger partial charge in [-0.1, -0.05) is 35.5 Å². The maximum Gasteiger partial charge on any atom is 0.180 e. The summed E-state index contributed by atoms with van der Waals surface area (Å²) < 4.78 is 12.0. The van der Waals surface area contributed by atoms with E-state index in [1.165, 1.54) is 44.3 Å². The Morgan fingerprint density at radius 2 is 1.76 bits per heavy atom. The van der Waals surface area contributed by atoms with E-state index in [0.717, 1.165) is 61.9 Å². The highest BCUT2D eigenvalue weighted by atomic mass is 16.5. The number of rotatable bonds is 6. The summed E-state index contributed by atoms with van der Waals surface area (Å²) in [6.45, 7) is 8.50. The van der Waals surface area contributed by atoms with Gasteiger partial charge in [0, 0.05) is 50.2 Å². The van der Waals surface area contributed by atoms with Crippen molar-refractivity contribution in [3.63, 3.8) is 0 Å². The van der Waals surface area contributed by atoms with Gasteiger partial charge in [-0.2, -0.15) is 0 Å². The number of anilines is 1. The molecule has 2 atom stereocenters. The molecule has 0 bridgehead atoms. The van der Waals surface area contributed by atoms with Crippen molar-refractivity contribution in [2.75, 3.05) is 50.8 Å². The zero-order chi connectivity index (χ0) is 22.0. The largest absolute Gasteiger partial charge is 0.493 e. The van der Waals surface area contributed by atoms with Crippen LogP contribution >= 0.6 is 0 Å². The van der Waals surface area contributed by atoms with E-state index < -0.39 is 0 Å². The van der Waals surface area contributed by atoms with Gasteiger partial charge in [0.25, 0.3) is 0 Å². The van der Waals surface area contributed by atoms with Crippen LogP contribution in [0.5, 0.6) is 5.75 Å². The first-order valence-corrected chi connectivity index (χ1v) is 12.6. The van der Waals surface area contributed by atoms with Crippen LogP contribution in [0.2, 0.25) is 0 Å². The van der Waals surface area contributed by atoms with E-state index >= 15 is 0 Å². The van der Waals surface area contributed by atoms with Crippen molar-refractivity contribution >= 4 is 16.8 Å². The molecule has 0 unspecified atom stereocenters. The van der Waals surface area contributed by atoms with Crippen LogP contribution in [0.4, 0.5) is 5.82 Å². The van der Waals surface area contributed by atoms with Crippen molar-refractivity contribution in [2.24, 2.45) is 5.92 Å². The number of piperazine rings is 1. The van der Waals surface area contributed by atoms with E-state index in [0.29, 0.717) is 12.0 Å². The Balaban J connectivity index is 1.05. The number of ether oxygens (including phenoxy) is 1. The highest BCUT2D eigenvalue weighted by Gasteiger charge is 2.34. The van der Waals surface area contributed by atoms with E-state index in [-0.39, 0.29) is 0 Å². The fraction of sp³-hybridized carbons (Fsp3) is 0.519. The summed E-state index contributed by atoms with van der Waals surface area (Å²) in [5.74, 6) is 2.68. The molecule has 0 radical (unpaired) electrons. The first-order valence-electron chi connectivity index (χ1n) is 12.6. The zero-order valence-corrected chi connectivity index (χ0v) is 19.4. The van der Waals surface area contributed by atoms with Gasteiger partial charge in [0.15, 0.2) is 11.4 Å². The Hall–Kier alpha value is -2.57. The zero-order valence-electron chi connectivity index (χ0n) is 19.4. The summed E-state index contributed by atoms with van der Waals surface area (Å²) in [6.07, 6.45) is 5.09. The minimum atomic E-state index is 0.591. The Labute approximate surface area is 196 Å². The van der Waals surface area contributed by atoms with Gasteiger partial charge < -0.3 is 14.2 Å². The third-order valence-corrected chi connectivity index (χ3v) is 7.70. The molecule has 0 N–H and O–H groups in total.